The van der Waals surface area contributed by atoms with Crippen LogP contribution < -0.4 is 9.92 Å². The smallest absolute Gasteiger partial charge is 0.342 e. The van der Waals surface area contributed by atoms with Crippen molar-refractivity contribution in [2.75, 3.05) is 5.73 Å². The third kappa shape index (κ3) is 3.09. The Morgan fingerprint density at radius 1 is 1.11 bits per heavy atom. The number of aromatic nitrogens is 1. The Morgan fingerprint density at radius 3 is 2.42 bits per heavy atom. The van der Waals surface area contributed by atoms with E-state index >= 15 is 0 Å². The predicted molar refractivity (Wildman–Crippen MR) is 72.9 cm³/mol. The van der Waals surface area contributed by atoms with E-state index in [1.54, 1.807) is 12.1 Å². The van der Waals surface area contributed by atoms with Crippen molar-refractivity contribution < 1.29 is 12.6 Å². The van der Waals surface area contributed by atoms with Crippen molar-refractivity contribution in [1.82, 2.24) is 4.98 Å². The average molecular weight is 319 g/mol. The summed E-state index contributed by atoms with van der Waals surface area (Å²) in [6.45, 7) is 0. The molecule has 0 aliphatic heterocycles. The van der Waals surface area contributed by atoms with Crippen LogP contribution >= 0.6 is 23.2 Å². The summed E-state index contributed by atoms with van der Waals surface area (Å²) >= 11 is 11.3. The van der Waals surface area contributed by atoms with Gasteiger partial charge >= 0.3 is 10.1 Å². The number of nitrogens with zero attached hydrogens (tertiary/aromatic N) is 1. The van der Waals surface area contributed by atoms with Crippen molar-refractivity contribution in [3.8, 4) is 5.75 Å². The maximum absolute atomic E-state index is 12.0. The highest BCUT2D eigenvalue weighted by atomic mass is 35.5. The van der Waals surface area contributed by atoms with E-state index in [-0.39, 0.29) is 26.6 Å². The first kappa shape index (κ1) is 13.9. The molecular formula is C11H8Cl2N2O3S. The second-order valence-electron chi connectivity index (χ2n) is 3.50. The molecule has 1 heterocycles. The van der Waals surface area contributed by atoms with E-state index in [0.717, 1.165) is 0 Å². The second kappa shape index (κ2) is 5.24. The van der Waals surface area contributed by atoms with Gasteiger partial charge in [-0.25, -0.2) is 4.98 Å². The highest BCUT2D eigenvalue weighted by molar-refractivity contribution is 7.87. The fourth-order valence-corrected chi connectivity index (χ4v) is 2.90. The zero-order valence-corrected chi connectivity index (χ0v) is 11.7. The largest absolute Gasteiger partial charge is 0.396 e. The van der Waals surface area contributed by atoms with Gasteiger partial charge in [0.2, 0.25) is 0 Å². The standard InChI is InChI=1S/C11H8Cl2N2O3S/c12-10-6-5-9(11(13)15-10)19(16,17)18-8-4-2-1-3-7(8)14/h1-6H,14H2. The van der Waals surface area contributed by atoms with Gasteiger partial charge in [0.25, 0.3) is 0 Å². The fourth-order valence-electron chi connectivity index (χ4n) is 1.31. The molecule has 100 valence electrons. The first-order chi connectivity index (χ1) is 8.90. The van der Waals surface area contributed by atoms with Crippen LogP contribution in [0.25, 0.3) is 0 Å². The molecular weight excluding hydrogens is 311 g/mol. The topological polar surface area (TPSA) is 82.3 Å². The number of halogens is 2. The van der Waals surface area contributed by atoms with Crippen molar-refractivity contribution in [3.63, 3.8) is 0 Å². The molecule has 1 aromatic heterocycles. The first-order valence-corrected chi connectivity index (χ1v) is 7.17. The molecule has 1 aromatic carbocycles. The minimum atomic E-state index is -4.12. The average Bonchev–Trinajstić information content (AvgIpc) is 2.31. The highest BCUT2D eigenvalue weighted by Gasteiger charge is 2.22. The number of pyridine rings is 1. The lowest BCUT2D eigenvalue weighted by Gasteiger charge is -2.09. The Bertz CT molecular complexity index is 720. The molecule has 0 saturated heterocycles. The third-order valence-corrected chi connectivity index (χ3v) is 4.05. The van der Waals surface area contributed by atoms with Crippen LogP contribution in [0.3, 0.4) is 0 Å². The van der Waals surface area contributed by atoms with Crippen LogP contribution in [0.1, 0.15) is 0 Å². The molecule has 0 spiro atoms. The molecule has 0 fully saturated rings. The lowest BCUT2D eigenvalue weighted by atomic mass is 10.3. The molecule has 2 aromatic rings. The monoisotopic (exact) mass is 318 g/mol. The van der Waals surface area contributed by atoms with Crippen LogP contribution in [0, 0.1) is 0 Å². The number of nitrogen functional groups attached to an aromatic ring is 1. The van der Waals surface area contributed by atoms with Gasteiger partial charge in [-0.3, -0.25) is 0 Å². The van der Waals surface area contributed by atoms with Crippen LogP contribution in [-0.4, -0.2) is 13.4 Å². The van der Waals surface area contributed by atoms with Gasteiger partial charge in [0.05, 0.1) is 5.69 Å². The Hall–Kier alpha value is -1.50. The number of anilines is 1. The summed E-state index contributed by atoms with van der Waals surface area (Å²) in [5.41, 5.74) is 5.81. The van der Waals surface area contributed by atoms with Crippen molar-refractivity contribution in [2.45, 2.75) is 4.90 Å². The molecule has 2 rings (SSSR count). The zero-order valence-electron chi connectivity index (χ0n) is 9.38. The van der Waals surface area contributed by atoms with Gasteiger partial charge in [-0.2, -0.15) is 8.42 Å². The van der Waals surface area contributed by atoms with E-state index in [9.17, 15) is 8.42 Å². The number of rotatable bonds is 3. The van der Waals surface area contributed by atoms with Gasteiger partial charge in [-0.15, -0.1) is 0 Å². The Kier molecular flexibility index (Phi) is 3.84. The van der Waals surface area contributed by atoms with Gasteiger partial charge in [-0.05, 0) is 24.3 Å². The number of nitrogens with two attached hydrogens (primary N) is 1. The summed E-state index contributed by atoms with van der Waals surface area (Å²) in [7, 11) is -4.12. The van der Waals surface area contributed by atoms with E-state index in [1.165, 1.54) is 24.3 Å². The highest BCUT2D eigenvalue weighted by Crippen LogP contribution is 2.27. The molecule has 0 saturated carbocycles. The van der Waals surface area contributed by atoms with E-state index in [1.807, 2.05) is 0 Å². The third-order valence-electron chi connectivity index (χ3n) is 2.17. The molecule has 5 nitrogen and oxygen atoms in total. The zero-order chi connectivity index (χ0) is 14.0. The molecule has 0 bridgehead atoms. The van der Waals surface area contributed by atoms with Crippen molar-refractivity contribution >= 4 is 39.0 Å². The minimum Gasteiger partial charge on any atom is -0.396 e. The van der Waals surface area contributed by atoms with Crippen LogP contribution in [0.4, 0.5) is 5.69 Å². The minimum absolute atomic E-state index is 0.0218. The molecule has 0 radical (unpaired) electrons. The molecule has 8 heteroatoms. The molecule has 0 aliphatic carbocycles. The van der Waals surface area contributed by atoms with Crippen LogP contribution in [-0.2, 0) is 10.1 Å². The van der Waals surface area contributed by atoms with Crippen molar-refractivity contribution in [2.24, 2.45) is 0 Å². The van der Waals surface area contributed by atoms with Gasteiger partial charge < -0.3 is 9.92 Å². The quantitative estimate of drug-likeness (QED) is 0.534. The lowest BCUT2D eigenvalue weighted by Crippen LogP contribution is -2.12. The molecule has 0 atom stereocenters. The van der Waals surface area contributed by atoms with E-state index in [2.05, 4.69) is 4.98 Å². The lowest BCUT2D eigenvalue weighted by molar-refractivity contribution is 0.487. The van der Waals surface area contributed by atoms with Crippen molar-refractivity contribution in [1.29, 1.82) is 0 Å². The van der Waals surface area contributed by atoms with Crippen LogP contribution in [0.15, 0.2) is 41.3 Å². The summed E-state index contributed by atoms with van der Waals surface area (Å²) < 4.78 is 29.0. The number of hydrogen-bond donors (Lipinski definition) is 1. The Labute approximate surface area is 120 Å². The number of para-hydroxylation sites is 2. The summed E-state index contributed by atoms with van der Waals surface area (Å²) in [5.74, 6) is 0.0218. The molecule has 2 N–H and O–H groups in total. The predicted octanol–water partition coefficient (Wildman–Crippen LogP) is 2.74. The Balaban J connectivity index is 2.41. The maximum Gasteiger partial charge on any atom is 0.342 e. The number of hydrogen-bond acceptors (Lipinski definition) is 5. The van der Waals surface area contributed by atoms with E-state index in [0.29, 0.717) is 0 Å². The summed E-state index contributed by atoms with van der Waals surface area (Å²) in [6, 6.07) is 8.73. The van der Waals surface area contributed by atoms with Gasteiger partial charge in [0.15, 0.2) is 10.9 Å². The molecule has 19 heavy (non-hydrogen) atoms. The fraction of sp³-hybridized carbons (Fsp3) is 0. The summed E-state index contributed by atoms with van der Waals surface area (Å²) in [6.07, 6.45) is 0. The van der Waals surface area contributed by atoms with Crippen molar-refractivity contribution in [3.05, 3.63) is 46.7 Å². The van der Waals surface area contributed by atoms with E-state index < -0.39 is 10.1 Å². The summed E-state index contributed by atoms with van der Waals surface area (Å²) in [4.78, 5) is 3.37. The molecule has 0 aliphatic rings. The van der Waals surface area contributed by atoms with E-state index in [4.69, 9.17) is 33.1 Å². The summed E-state index contributed by atoms with van der Waals surface area (Å²) in [5, 5.41) is -0.176. The Morgan fingerprint density at radius 2 is 1.79 bits per heavy atom. The van der Waals surface area contributed by atoms with Crippen LogP contribution in [0.2, 0.25) is 10.3 Å². The molecule has 0 unspecified atom stereocenters. The maximum atomic E-state index is 12.0. The number of benzene rings is 1. The first-order valence-electron chi connectivity index (χ1n) is 5.01. The van der Waals surface area contributed by atoms with Gasteiger partial charge in [0, 0.05) is 0 Å². The van der Waals surface area contributed by atoms with Crippen LogP contribution in [0.5, 0.6) is 5.75 Å². The normalized spacial score (nSPS) is 11.3. The SMILES string of the molecule is Nc1ccccc1OS(=O)(=O)c1ccc(Cl)nc1Cl. The van der Waals surface area contributed by atoms with Gasteiger partial charge in [0.1, 0.15) is 10.0 Å². The molecule has 0 amide bonds. The second-order valence-corrected chi connectivity index (χ2v) is 5.76. The van der Waals surface area contributed by atoms with Gasteiger partial charge in [-0.1, -0.05) is 35.3 Å².